The summed E-state index contributed by atoms with van der Waals surface area (Å²) >= 11 is 1.05. The van der Waals surface area contributed by atoms with Gasteiger partial charge in [0.1, 0.15) is 6.29 Å². The fraction of sp³-hybridized carbons (Fsp3) is 0.667. The van der Waals surface area contributed by atoms with Crippen molar-refractivity contribution < 1.29 is 14.1 Å². The lowest BCUT2D eigenvalue weighted by Gasteiger charge is -1.94. The molecule has 0 unspecified atom stereocenters. The highest BCUT2D eigenvalue weighted by Crippen LogP contribution is 1.90. The molecule has 0 heterocycles. The number of carbonyl (C=O) groups excluding carboxylic acids is 1. The molecule has 0 saturated carbocycles. The topological polar surface area (TPSA) is 47.6 Å². The summed E-state index contributed by atoms with van der Waals surface area (Å²) in [5.41, 5.74) is 2.22. The van der Waals surface area contributed by atoms with E-state index in [4.69, 9.17) is 0 Å². The molecule has 0 saturated heterocycles. The molecule has 4 nitrogen and oxygen atoms in total. The summed E-state index contributed by atoms with van der Waals surface area (Å²) in [7, 11) is 0. The minimum absolute atomic E-state index is 0.139. The second-order valence-corrected chi connectivity index (χ2v) is 1.30. The number of aldehydes is 1. The molecule has 48 valence electrons. The second-order valence-electron chi connectivity index (χ2n) is 0.833. The highest BCUT2D eigenvalue weighted by molar-refractivity contribution is 7.93. The zero-order valence-corrected chi connectivity index (χ0v) is 5.23. The average molecular weight is 137 g/mol. The van der Waals surface area contributed by atoms with Crippen molar-refractivity contribution >= 4 is 18.3 Å². The normalized spacial score (nSPS) is 9.12. The van der Waals surface area contributed by atoms with E-state index in [1.165, 1.54) is 0 Å². The number of nitrogens with one attached hydrogen (secondary N) is 1. The smallest absolute Gasteiger partial charge is 0.136 e. The van der Waals surface area contributed by atoms with Crippen LogP contribution in [0.3, 0.4) is 0 Å². The van der Waals surface area contributed by atoms with Crippen molar-refractivity contribution in [1.29, 1.82) is 0 Å². The maximum Gasteiger partial charge on any atom is 0.136 e. The third-order valence-electron chi connectivity index (χ3n) is 0.328. The average Bonchev–Trinajstić information content (AvgIpc) is 1.81. The first-order chi connectivity index (χ1) is 3.91. The van der Waals surface area contributed by atoms with Crippen LogP contribution in [0, 0.1) is 0 Å². The molecule has 0 rings (SSSR count). The van der Waals surface area contributed by atoms with E-state index in [9.17, 15) is 4.79 Å². The molecule has 5 heteroatoms. The summed E-state index contributed by atoms with van der Waals surface area (Å²) in [6.45, 7) is 0.139. The molecular formula is C3H7NO3S. The summed E-state index contributed by atoms with van der Waals surface area (Å²) in [6, 6.07) is 0. The Morgan fingerprint density at radius 2 is 2.62 bits per heavy atom. The van der Waals surface area contributed by atoms with Gasteiger partial charge in [0.2, 0.25) is 0 Å². The first kappa shape index (κ1) is 7.90. The first-order valence-corrected chi connectivity index (χ1v) is 3.09. The SMILES string of the molecule is CSOONCC=O. The van der Waals surface area contributed by atoms with Crippen LogP contribution in [0.4, 0.5) is 0 Å². The van der Waals surface area contributed by atoms with Crippen LogP contribution in [0.2, 0.25) is 0 Å². The van der Waals surface area contributed by atoms with E-state index in [-0.39, 0.29) is 6.54 Å². The van der Waals surface area contributed by atoms with Gasteiger partial charge in [0, 0.05) is 18.3 Å². The van der Waals surface area contributed by atoms with Gasteiger partial charge in [-0.15, -0.1) is 9.32 Å². The predicted molar refractivity (Wildman–Crippen MR) is 29.8 cm³/mol. The van der Waals surface area contributed by atoms with Crippen LogP contribution in [0.1, 0.15) is 0 Å². The summed E-state index contributed by atoms with van der Waals surface area (Å²) < 4.78 is 4.28. The van der Waals surface area contributed by atoms with Gasteiger partial charge in [0.15, 0.2) is 0 Å². The fourth-order valence-corrected chi connectivity index (χ4v) is 0.242. The van der Waals surface area contributed by atoms with E-state index >= 15 is 0 Å². The molecule has 0 bridgehead atoms. The molecule has 0 aromatic carbocycles. The van der Waals surface area contributed by atoms with Crippen LogP contribution in [0.5, 0.6) is 0 Å². The van der Waals surface area contributed by atoms with Crippen LogP contribution in [-0.4, -0.2) is 19.1 Å². The van der Waals surface area contributed by atoms with Gasteiger partial charge in [-0.1, -0.05) is 0 Å². The van der Waals surface area contributed by atoms with Gasteiger partial charge >= 0.3 is 0 Å². The highest BCUT2D eigenvalue weighted by Gasteiger charge is 1.80. The van der Waals surface area contributed by atoms with Crippen LogP contribution >= 0.6 is 12.0 Å². The van der Waals surface area contributed by atoms with Crippen molar-refractivity contribution in [1.82, 2.24) is 5.48 Å². The number of rotatable bonds is 5. The molecule has 0 spiro atoms. The molecular weight excluding hydrogens is 130 g/mol. The third kappa shape index (κ3) is 5.90. The summed E-state index contributed by atoms with van der Waals surface area (Å²) in [6.07, 6.45) is 2.37. The van der Waals surface area contributed by atoms with Crippen LogP contribution in [-0.2, 0) is 14.1 Å². The minimum atomic E-state index is 0.139. The van der Waals surface area contributed by atoms with Crippen molar-refractivity contribution in [3.8, 4) is 0 Å². The van der Waals surface area contributed by atoms with Gasteiger partial charge in [-0.2, -0.15) is 5.48 Å². The van der Waals surface area contributed by atoms with E-state index in [0.717, 1.165) is 12.0 Å². The standard InChI is InChI=1S/C3H7NO3S/c1-8-7-6-4-2-3-5/h3-4H,2H2,1H3. The van der Waals surface area contributed by atoms with Crippen LogP contribution in [0.15, 0.2) is 0 Å². The molecule has 0 aromatic rings. The summed E-state index contributed by atoms with van der Waals surface area (Å²) in [4.78, 5) is 13.8. The predicted octanol–water partition coefficient (Wildman–Crippen LogP) is -0.0839. The van der Waals surface area contributed by atoms with Crippen molar-refractivity contribution in [2.75, 3.05) is 12.8 Å². The Balaban J connectivity index is 2.62. The van der Waals surface area contributed by atoms with Crippen molar-refractivity contribution in [3.63, 3.8) is 0 Å². The molecule has 1 N–H and O–H groups in total. The fourth-order valence-electron chi connectivity index (χ4n) is 0.126. The van der Waals surface area contributed by atoms with E-state index in [2.05, 4.69) is 14.8 Å². The van der Waals surface area contributed by atoms with E-state index in [1.54, 1.807) is 6.26 Å². The lowest BCUT2D eigenvalue weighted by Crippen LogP contribution is -2.15. The van der Waals surface area contributed by atoms with Crippen molar-refractivity contribution in [2.24, 2.45) is 0 Å². The Bertz CT molecular complexity index is 60.5. The largest absolute Gasteiger partial charge is 0.302 e. The monoisotopic (exact) mass is 137 g/mol. The highest BCUT2D eigenvalue weighted by atomic mass is 32.2. The number of hydroxylamine groups is 1. The van der Waals surface area contributed by atoms with Crippen molar-refractivity contribution in [2.45, 2.75) is 0 Å². The lowest BCUT2D eigenvalue weighted by atomic mass is 10.8. The number of hydrogen-bond acceptors (Lipinski definition) is 5. The maximum atomic E-state index is 9.56. The van der Waals surface area contributed by atoms with Gasteiger partial charge in [0.05, 0.1) is 6.54 Å². The van der Waals surface area contributed by atoms with E-state index in [1.807, 2.05) is 0 Å². The van der Waals surface area contributed by atoms with Gasteiger partial charge in [-0.25, -0.2) is 0 Å². The Hall–Kier alpha value is -0.100. The van der Waals surface area contributed by atoms with E-state index < -0.39 is 0 Å². The van der Waals surface area contributed by atoms with Crippen molar-refractivity contribution in [3.05, 3.63) is 0 Å². The van der Waals surface area contributed by atoms with Crippen LogP contribution in [0.25, 0.3) is 0 Å². The minimum Gasteiger partial charge on any atom is -0.302 e. The summed E-state index contributed by atoms with van der Waals surface area (Å²) in [5.74, 6) is 0. The Labute approximate surface area is 51.6 Å². The summed E-state index contributed by atoms with van der Waals surface area (Å²) in [5, 5.41) is 0. The Kier molecular flexibility index (Phi) is 6.81. The molecule has 0 aromatic heterocycles. The van der Waals surface area contributed by atoms with Gasteiger partial charge in [-0.3, -0.25) is 0 Å². The molecule has 0 amide bonds. The zero-order chi connectivity index (χ0) is 6.24. The molecule has 8 heavy (non-hydrogen) atoms. The molecule has 0 aliphatic carbocycles. The zero-order valence-electron chi connectivity index (χ0n) is 4.42. The first-order valence-electron chi connectivity index (χ1n) is 1.94. The molecule has 0 aliphatic heterocycles. The van der Waals surface area contributed by atoms with Crippen LogP contribution < -0.4 is 5.48 Å². The Morgan fingerprint density at radius 1 is 1.88 bits per heavy atom. The Morgan fingerprint density at radius 3 is 3.12 bits per heavy atom. The maximum absolute atomic E-state index is 9.56. The van der Waals surface area contributed by atoms with Gasteiger partial charge < -0.3 is 4.79 Å². The number of carbonyl (C=O) groups is 1. The quantitative estimate of drug-likeness (QED) is 0.189. The van der Waals surface area contributed by atoms with Gasteiger partial charge in [-0.05, 0) is 0 Å². The van der Waals surface area contributed by atoms with Gasteiger partial charge in [0.25, 0.3) is 0 Å². The van der Waals surface area contributed by atoms with E-state index in [0.29, 0.717) is 6.29 Å². The molecule has 0 fully saturated rings. The second kappa shape index (κ2) is 6.90. The third-order valence-corrected chi connectivity index (χ3v) is 0.532. The molecule has 0 aliphatic rings. The number of hydrogen-bond donors (Lipinski definition) is 1. The molecule has 0 radical (unpaired) electrons. The lowest BCUT2D eigenvalue weighted by molar-refractivity contribution is -0.242. The molecule has 0 atom stereocenters.